The van der Waals surface area contributed by atoms with Gasteiger partial charge in [-0.25, -0.2) is 0 Å². The van der Waals surface area contributed by atoms with Gasteiger partial charge in [-0.2, -0.15) is 0 Å². The molecule has 142 valence electrons. The van der Waals surface area contributed by atoms with Crippen molar-refractivity contribution in [1.29, 1.82) is 0 Å². The third-order valence-corrected chi connectivity index (χ3v) is 4.62. The van der Waals surface area contributed by atoms with Crippen molar-refractivity contribution in [3.63, 3.8) is 0 Å². The maximum atomic E-state index is 12.3. The average Bonchev–Trinajstić information content (AvgIpc) is 3.22. The van der Waals surface area contributed by atoms with Crippen LogP contribution in [0.4, 0.5) is 0 Å². The van der Waals surface area contributed by atoms with Crippen LogP contribution in [0.2, 0.25) is 5.02 Å². The Morgan fingerprint density at radius 1 is 1.00 bits per heavy atom. The summed E-state index contributed by atoms with van der Waals surface area (Å²) in [5.74, 6) is -0.470. The zero-order valence-electron chi connectivity index (χ0n) is 14.7. The van der Waals surface area contributed by atoms with Gasteiger partial charge in [0.05, 0.1) is 6.26 Å². The minimum absolute atomic E-state index is 0.187. The highest BCUT2D eigenvalue weighted by molar-refractivity contribution is 6.30. The van der Waals surface area contributed by atoms with Crippen LogP contribution >= 0.6 is 11.6 Å². The second-order valence-corrected chi connectivity index (χ2v) is 6.67. The van der Waals surface area contributed by atoms with E-state index in [1.165, 1.54) is 6.26 Å². The summed E-state index contributed by atoms with van der Waals surface area (Å²) in [6.45, 7) is 1.97. The third-order valence-electron chi connectivity index (χ3n) is 4.37. The first kappa shape index (κ1) is 19.0. The molecule has 0 unspecified atom stereocenters. The first-order chi connectivity index (χ1) is 13.0. The van der Waals surface area contributed by atoms with E-state index in [9.17, 15) is 14.4 Å². The van der Waals surface area contributed by atoms with Crippen LogP contribution in [-0.4, -0.2) is 53.7 Å². The summed E-state index contributed by atoms with van der Waals surface area (Å²) in [6.07, 6.45) is 1.25. The zero-order valence-corrected chi connectivity index (χ0v) is 15.4. The summed E-state index contributed by atoms with van der Waals surface area (Å²) in [6, 6.07) is 10.4. The number of nitrogens with zero attached hydrogens (tertiary/aromatic N) is 2. The number of piperazine rings is 1. The molecule has 2 aromatic rings. The van der Waals surface area contributed by atoms with Gasteiger partial charge in [0.15, 0.2) is 5.76 Å². The quantitative estimate of drug-likeness (QED) is 0.792. The van der Waals surface area contributed by atoms with E-state index >= 15 is 0 Å². The van der Waals surface area contributed by atoms with Gasteiger partial charge in [-0.15, -0.1) is 0 Å². The monoisotopic (exact) mass is 389 g/mol. The fourth-order valence-corrected chi connectivity index (χ4v) is 2.96. The number of hydrogen-bond donors (Lipinski definition) is 1. The molecule has 1 saturated heterocycles. The lowest BCUT2D eigenvalue weighted by atomic mass is 10.2. The number of carbonyl (C=O) groups is 3. The standard InChI is InChI=1S/C19H20ClN3O4/c20-15-5-3-14(4-6-15)13-21-17(24)12-18(25)22-7-9-23(10-8-22)19(26)16-2-1-11-27-16/h1-6,11H,7-10,12-13H2,(H,21,24). The maximum absolute atomic E-state index is 12.3. The molecule has 1 aliphatic heterocycles. The number of benzene rings is 1. The van der Waals surface area contributed by atoms with E-state index < -0.39 is 0 Å². The Hall–Kier alpha value is -2.80. The summed E-state index contributed by atoms with van der Waals surface area (Å²) in [5, 5.41) is 3.36. The molecule has 27 heavy (non-hydrogen) atoms. The summed E-state index contributed by atoms with van der Waals surface area (Å²) in [4.78, 5) is 39.8. The third kappa shape index (κ3) is 5.10. The van der Waals surface area contributed by atoms with Crippen LogP contribution in [0.5, 0.6) is 0 Å². The van der Waals surface area contributed by atoms with Gasteiger partial charge in [0.2, 0.25) is 11.8 Å². The fourth-order valence-electron chi connectivity index (χ4n) is 2.83. The average molecular weight is 390 g/mol. The predicted molar refractivity (Wildman–Crippen MR) is 99.1 cm³/mol. The number of carbonyl (C=O) groups excluding carboxylic acids is 3. The van der Waals surface area contributed by atoms with Gasteiger partial charge in [-0.3, -0.25) is 14.4 Å². The van der Waals surface area contributed by atoms with Crippen LogP contribution in [0, 0.1) is 0 Å². The smallest absolute Gasteiger partial charge is 0.289 e. The van der Waals surface area contributed by atoms with E-state index in [4.69, 9.17) is 16.0 Å². The largest absolute Gasteiger partial charge is 0.459 e. The molecule has 0 bridgehead atoms. The Kier molecular flexibility index (Phi) is 6.13. The van der Waals surface area contributed by atoms with Crippen molar-refractivity contribution < 1.29 is 18.8 Å². The molecule has 0 saturated carbocycles. The second-order valence-electron chi connectivity index (χ2n) is 6.23. The molecule has 0 radical (unpaired) electrons. The molecule has 1 fully saturated rings. The number of amides is 3. The minimum atomic E-state index is -0.330. The topological polar surface area (TPSA) is 82.9 Å². The summed E-state index contributed by atoms with van der Waals surface area (Å²) in [5.41, 5.74) is 0.908. The van der Waals surface area contributed by atoms with Crippen LogP contribution in [0.15, 0.2) is 47.1 Å². The summed E-state index contributed by atoms with van der Waals surface area (Å²) in [7, 11) is 0. The van der Waals surface area contributed by atoms with Gasteiger partial charge in [0.25, 0.3) is 5.91 Å². The Bertz CT molecular complexity index is 797. The highest BCUT2D eigenvalue weighted by atomic mass is 35.5. The molecular formula is C19H20ClN3O4. The van der Waals surface area contributed by atoms with Crippen molar-refractivity contribution >= 4 is 29.3 Å². The molecule has 7 nitrogen and oxygen atoms in total. The van der Waals surface area contributed by atoms with Crippen molar-refractivity contribution in [2.24, 2.45) is 0 Å². The first-order valence-corrected chi connectivity index (χ1v) is 9.02. The fraction of sp³-hybridized carbons (Fsp3) is 0.316. The van der Waals surface area contributed by atoms with Crippen molar-refractivity contribution in [2.45, 2.75) is 13.0 Å². The van der Waals surface area contributed by atoms with E-state index in [0.29, 0.717) is 37.7 Å². The number of hydrogen-bond acceptors (Lipinski definition) is 4. The Morgan fingerprint density at radius 2 is 1.67 bits per heavy atom. The molecule has 3 amide bonds. The second kappa shape index (κ2) is 8.73. The van der Waals surface area contributed by atoms with Crippen molar-refractivity contribution in [3.8, 4) is 0 Å². The van der Waals surface area contributed by atoms with Crippen molar-refractivity contribution in [3.05, 3.63) is 59.0 Å². The summed E-state index contributed by atoms with van der Waals surface area (Å²) >= 11 is 5.82. The van der Waals surface area contributed by atoms with Gasteiger partial charge in [0, 0.05) is 37.7 Å². The molecule has 8 heteroatoms. The van der Waals surface area contributed by atoms with Crippen LogP contribution in [0.25, 0.3) is 0 Å². The first-order valence-electron chi connectivity index (χ1n) is 8.64. The molecule has 1 aromatic carbocycles. The van der Waals surface area contributed by atoms with E-state index in [-0.39, 0.29) is 29.9 Å². The van der Waals surface area contributed by atoms with Gasteiger partial charge in [-0.05, 0) is 29.8 Å². The lowest BCUT2D eigenvalue weighted by Gasteiger charge is -2.34. The molecule has 2 heterocycles. The molecule has 0 spiro atoms. The number of halogens is 1. The van der Waals surface area contributed by atoms with E-state index in [0.717, 1.165) is 5.56 Å². The van der Waals surface area contributed by atoms with E-state index in [1.54, 1.807) is 34.1 Å². The van der Waals surface area contributed by atoms with Gasteiger partial charge in [-0.1, -0.05) is 23.7 Å². The van der Waals surface area contributed by atoms with Crippen LogP contribution < -0.4 is 5.32 Å². The molecule has 1 N–H and O–H groups in total. The molecule has 1 aromatic heterocycles. The van der Waals surface area contributed by atoms with Crippen molar-refractivity contribution in [2.75, 3.05) is 26.2 Å². The number of nitrogens with one attached hydrogen (secondary N) is 1. The van der Waals surface area contributed by atoms with E-state index in [1.807, 2.05) is 12.1 Å². The van der Waals surface area contributed by atoms with Gasteiger partial charge < -0.3 is 19.5 Å². The lowest BCUT2D eigenvalue weighted by Crippen LogP contribution is -2.51. The Morgan fingerprint density at radius 3 is 2.30 bits per heavy atom. The molecular weight excluding hydrogens is 370 g/mol. The number of rotatable bonds is 5. The SMILES string of the molecule is O=C(CC(=O)N1CCN(C(=O)c2ccco2)CC1)NCc1ccc(Cl)cc1. The molecule has 0 atom stereocenters. The highest BCUT2D eigenvalue weighted by Crippen LogP contribution is 2.11. The minimum Gasteiger partial charge on any atom is -0.459 e. The van der Waals surface area contributed by atoms with Gasteiger partial charge in [0.1, 0.15) is 6.42 Å². The van der Waals surface area contributed by atoms with Gasteiger partial charge >= 0.3 is 0 Å². The molecule has 3 rings (SSSR count). The van der Waals surface area contributed by atoms with Crippen LogP contribution in [0.1, 0.15) is 22.5 Å². The molecule has 0 aliphatic carbocycles. The normalized spacial score (nSPS) is 14.1. The summed E-state index contributed by atoms with van der Waals surface area (Å²) < 4.78 is 5.11. The van der Waals surface area contributed by atoms with Crippen molar-refractivity contribution in [1.82, 2.24) is 15.1 Å². The lowest BCUT2D eigenvalue weighted by molar-refractivity contribution is -0.137. The zero-order chi connectivity index (χ0) is 19.2. The number of furan rings is 1. The predicted octanol–water partition coefficient (Wildman–Crippen LogP) is 1.92. The van der Waals surface area contributed by atoms with E-state index in [2.05, 4.69) is 5.32 Å². The molecule has 1 aliphatic rings. The Balaban J connectivity index is 1.41. The van der Waals surface area contributed by atoms with Crippen LogP contribution in [-0.2, 0) is 16.1 Å². The maximum Gasteiger partial charge on any atom is 0.289 e. The van der Waals surface area contributed by atoms with Crippen LogP contribution in [0.3, 0.4) is 0 Å². The Labute approximate surface area is 161 Å². The highest BCUT2D eigenvalue weighted by Gasteiger charge is 2.26.